The first kappa shape index (κ1) is 63.5. The maximum Gasteiger partial charge on any atom is 0.249 e. The topological polar surface area (TPSA) is 110 Å². The number of aliphatic hydroxyl groups is 4. The molecule has 0 aromatic heterocycles. The van der Waals surface area contributed by atoms with Gasteiger partial charge in [-0.15, -0.1) is 0 Å². The van der Waals surface area contributed by atoms with E-state index in [1.54, 1.807) is 0 Å². The van der Waals surface area contributed by atoms with Crippen LogP contribution in [0.5, 0.6) is 0 Å². The van der Waals surface area contributed by atoms with Gasteiger partial charge in [-0.1, -0.05) is 275 Å². The zero-order chi connectivity index (χ0) is 47.4. The minimum atomic E-state index is -1.28. The highest BCUT2D eigenvalue weighted by atomic mass is 16.3. The molecule has 0 saturated carbocycles. The molecule has 0 heterocycles. The molecule has 0 rings (SSSR count). The van der Waals surface area contributed by atoms with Crippen molar-refractivity contribution >= 4 is 5.91 Å². The largest absolute Gasteiger partial charge is 0.394 e. The standard InChI is InChI=1S/C59H113NO5/c1-3-5-7-9-11-13-15-17-19-21-23-24-25-26-27-28-29-30-31-32-33-34-35-37-38-40-42-44-46-48-50-52-56(62)58(64)55(54-61)60-59(65)57(63)53-51-49-47-45-43-41-39-36-22-20-18-16-14-12-10-8-6-4-2/h12,14,16,18,44,46,55-58,61-64H,3-11,13,15,17,19-43,45,47-54H2,1-2H3,(H,60,65)/b14-12-,18-16-,46-44+. The first-order valence-corrected chi connectivity index (χ1v) is 28.9. The van der Waals surface area contributed by atoms with Crippen LogP contribution in [0.1, 0.15) is 303 Å². The lowest BCUT2D eigenvalue weighted by atomic mass is 10.00. The Kier molecular flexibility index (Phi) is 52.3. The molecule has 0 aromatic rings. The zero-order valence-electron chi connectivity index (χ0n) is 43.5. The lowest BCUT2D eigenvalue weighted by Crippen LogP contribution is -2.53. The van der Waals surface area contributed by atoms with E-state index in [2.05, 4.69) is 55.6 Å². The van der Waals surface area contributed by atoms with Crippen molar-refractivity contribution in [3.05, 3.63) is 36.5 Å². The highest BCUT2D eigenvalue weighted by Crippen LogP contribution is 2.18. The number of rotatable bonds is 53. The summed E-state index contributed by atoms with van der Waals surface area (Å²) in [6.45, 7) is 4.04. The van der Waals surface area contributed by atoms with E-state index < -0.39 is 36.9 Å². The molecule has 65 heavy (non-hydrogen) atoms. The Labute approximate surface area is 405 Å². The van der Waals surface area contributed by atoms with E-state index in [9.17, 15) is 25.2 Å². The molecule has 0 spiro atoms. The molecule has 0 aliphatic rings. The second-order valence-corrected chi connectivity index (χ2v) is 20.0. The van der Waals surface area contributed by atoms with Gasteiger partial charge >= 0.3 is 0 Å². The van der Waals surface area contributed by atoms with Crippen molar-refractivity contribution in [2.24, 2.45) is 0 Å². The number of nitrogens with one attached hydrogen (secondary N) is 1. The third-order valence-corrected chi connectivity index (χ3v) is 13.6. The molecule has 0 aromatic carbocycles. The van der Waals surface area contributed by atoms with Crippen molar-refractivity contribution in [1.29, 1.82) is 0 Å². The summed E-state index contributed by atoms with van der Waals surface area (Å²) in [5.74, 6) is -0.595. The number of hydrogen-bond acceptors (Lipinski definition) is 5. The maximum absolute atomic E-state index is 12.6. The fourth-order valence-corrected chi connectivity index (χ4v) is 9.05. The molecular weight excluding hydrogens is 803 g/mol. The highest BCUT2D eigenvalue weighted by molar-refractivity contribution is 5.80. The quantitative estimate of drug-likeness (QED) is 0.0237. The van der Waals surface area contributed by atoms with Crippen molar-refractivity contribution in [1.82, 2.24) is 5.32 Å². The number of aliphatic hydroxyl groups excluding tert-OH is 4. The van der Waals surface area contributed by atoms with Crippen LogP contribution in [0.3, 0.4) is 0 Å². The van der Waals surface area contributed by atoms with E-state index >= 15 is 0 Å². The Balaban J connectivity index is 3.61. The lowest BCUT2D eigenvalue weighted by molar-refractivity contribution is -0.132. The number of carbonyl (C=O) groups is 1. The van der Waals surface area contributed by atoms with E-state index in [4.69, 9.17) is 0 Å². The molecule has 4 atom stereocenters. The fraction of sp³-hybridized carbons (Fsp3) is 0.881. The first-order valence-electron chi connectivity index (χ1n) is 28.9. The van der Waals surface area contributed by atoms with Gasteiger partial charge in [-0.3, -0.25) is 4.79 Å². The van der Waals surface area contributed by atoms with Crippen LogP contribution < -0.4 is 5.32 Å². The summed E-state index contributed by atoms with van der Waals surface area (Å²) < 4.78 is 0. The van der Waals surface area contributed by atoms with Gasteiger partial charge in [0.05, 0.1) is 18.8 Å². The Morgan fingerprint density at radius 2 is 0.677 bits per heavy atom. The van der Waals surface area contributed by atoms with Gasteiger partial charge in [0.15, 0.2) is 0 Å². The van der Waals surface area contributed by atoms with Crippen molar-refractivity contribution in [2.75, 3.05) is 6.61 Å². The lowest BCUT2D eigenvalue weighted by Gasteiger charge is -2.27. The summed E-state index contributed by atoms with van der Waals surface area (Å²) in [7, 11) is 0. The van der Waals surface area contributed by atoms with Crippen LogP contribution in [0.15, 0.2) is 36.5 Å². The highest BCUT2D eigenvalue weighted by Gasteiger charge is 2.28. The third kappa shape index (κ3) is 47.4. The maximum atomic E-state index is 12.6. The predicted octanol–water partition coefficient (Wildman–Crippen LogP) is 16.8. The van der Waals surface area contributed by atoms with Gasteiger partial charge in [-0.05, 0) is 64.2 Å². The Hall–Kier alpha value is -1.47. The van der Waals surface area contributed by atoms with Gasteiger partial charge in [-0.2, -0.15) is 0 Å². The molecule has 4 unspecified atom stereocenters. The van der Waals surface area contributed by atoms with E-state index in [0.29, 0.717) is 12.8 Å². The summed E-state index contributed by atoms with van der Waals surface area (Å²) >= 11 is 0. The molecule has 6 heteroatoms. The number of carbonyl (C=O) groups excluding carboxylic acids is 1. The first-order chi connectivity index (χ1) is 32.0. The van der Waals surface area contributed by atoms with Crippen molar-refractivity contribution < 1.29 is 25.2 Å². The van der Waals surface area contributed by atoms with Crippen LogP contribution in [-0.4, -0.2) is 57.3 Å². The average Bonchev–Trinajstić information content (AvgIpc) is 3.31. The summed E-state index contributed by atoms with van der Waals surface area (Å²) in [6.07, 6.45) is 66.5. The van der Waals surface area contributed by atoms with Crippen LogP contribution >= 0.6 is 0 Å². The number of amides is 1. The molecule has 0 bridgehead atoms. The van der Waals surface area contributed by atoms with Gasteiger partial charge < -0.3 is 25.7 Å². The van der Waals surface area contributed by atoms with Crippen molar-refractivity contribution in [3.8, 4) is 0 Å². The molecule has 1 amide bonds. The minimum Gasteiger partial charge on any atom is -0.394 e. The molecule has 0 radical (unpaired) electrons. The van der Waals surface area contributed by atoms with Gasteiger partial charge in [0.25, 0.3) is 0 Å². The van der Waals surface area contributed by atoms with E-state index in [0.717, 1.165) is 44.9 Å². The summed E-state index contributed by atoms with van der Waals surface area (Å²) in [5, 5.41) is 43.9. The molecule has 0 aliphatic carbocycles. The molecular formula is C59H113NO5. The molecule has 0 saturated heterocycles. The number of hydrogen-bond donors (Lipinski definition) is 5. The predicted molar refractivity (Wildman–Crippen MR) is 284 cm³/mol. The van der Waals surface area contributed by atoms with Gasteiger partial charge in [0.1, 0.15) is 12.2 Å². The van der Waals surface area contributed by atoms with Crippen molar-refractivity contribution in [3.63, 3.8) is 0 Å². The van der Waals surface area contributed by atoms with E-state index in [1.807, 2.05) is 0 Å². The molecule has 384 valence electrons. The Morgan fingerprint density at radius 1 is 0.385 bits per heavy atom. The normalized spacial score (nSPS) is 14.0. The molecule has 0 aliphatic heterocycles. The second kappa shape index (κ2) is 53.5. The summed E-state index contributed by atoms with van der Waals surface area (Å²) in [4.78, 5) is 12.6. The molecule has 6 nitrogen and oxygen atoms in total. The van der Waals surface area contributed by atoms with Gasteiger partial charge in [-0.25, -0.2) is 0 Å². The Bertz CT molecular complexity index is 1030. The molecule has 0 fully saturated rings. The van der Waals surface area contributed by atoms with Crippen LogP contribution in [0.4, 0.5) is 0 Å². The SMILES string of the molecule is CCCCC/C=C\C=C/CCCCCCCCCCCC(O)C(=O)NC(CO)C(O)C(O)CCC/C=C/CCCCCCCCCCCCCCCCCCCCCCCCCCCC. The van der Waals surface area contributed by atoms with Crippen LogP contribution in [0.25, 0.3) is 0 Å². The van der Waals surface area contributed by atoms with Gasteiger partial charge in [0, 0.05) is 0 Å². The monoisotopic (exact) mass is 916 g/mol. The fourth-order valence-electron chi connectivity index (χ4n) is 9.05. The van der Waals surface area contributed by atoms with Crippen LogP contribution in [0.2, 0.25) is 0 Å². The van der Waals surface area contributed by atoms with Gasteiger partial charge in [0.2, 0.25) is 5.91 Å². The average molecular weight is 917 g/mol. The summed E-state index contributed by atoms with van der Waals surface area (Å²) in [5.41, 5.74) is 0. The van der Waals surface area contributed by atoms with E-state index in [-0.39, 0.29) is 0 Å². The van der Waals surface area contributed by atoms with Crippen LogP contribution in [-0.2, 0) is 4.79 Å². The molecule has 5 N–H and O–H groups in total. The van der Waals surface area contributed by atoms with Crippen molar-refractivity contribution in [2.45, 2.75) is 327 Å². The summed E-state index contributed by atoms with van der Waals surface area (Å²) in [6, 6.07) is -1.01. The zero-order valence-corrected chi connectivity index (χ0v) is 43.5. The van der Waals surface area contributed by atoms with E-state index in [1.165, 1.54) is 231 Å². The number of allylic oxidation sites excluding steroid dienone is 6. The number of unbranched alkanes of at least 4 members (excludes halogenated alkanes) is 39. The smallest absolute Gasteiger partial charge is 0.249 e. The Morgan fingerprint density at radius 3 is 1.05 bits per heavy atom. The third-order valence-electron chi connectivity index (χ3n) is 13.6. The minimum absolute atomic E-state index is 0.357. The second-order valence-electron chi connectivity index (χ2n) is 20.0. The van der Waals surface area contributed by atoms with Crippen LogP contribution in [0, 0.1) is 0 Å².